The summed E-state index contributed by atoms with van der Waals surface area (Å²) in [5.74, 6) is 0. The van der Waals surface area contributed by atoms with Crippen LogP contribution in [0.25, 0.3) is 6.08 Å². The molecule has 2 aromatic rings. The Morgan fingerprint density at radius 2 is 1.54 bits per heavy atom. The Morgan fingerprint density at radius 1 is 0.923 bits per heavy atom. The summed E-state index contributed by atoms with van der Waals surface area (Å²) in [5.41, 5.74) is 5.20. The molecule has 0 bridgehead atoms. The second-order valence-corrected chi connectivity index (χ2v) is 11.3. The van der Waals surface area contributed by atoms with Gasteiger partial charge in [0.2, 0.25) is 0 Å². The fourth-order valence-electron chi connectivity index (χ4n) is 2.55. The zero-order valence-electron chi connectivity index (χ0n) is 16.3. The molecule has 0 aromatic heterocycles. The van der Waals surface area contributed by atoms with Gasteiger partial charge in [-0.05, 0) is 35.9 Å². The first-order chi connectivity index (χ1) is 12.2. The number of hydrogen-bond acceptors (Lipinski definition) is 3. The van der Waals surface area contributed by atoms with Gasteiger partial charge in [0.15, 0.2) is 0 Å². The van der Waals surface area contributed by atoms with Crippen molar-refractivity contribution >= 4 is 14.6 Å². The predicted molar refractivity (Wildman–Crippen MR) is 112 cm³/mol. The molecule has 0 saturated heterocycles. The molecule has 140 valence electrons. The summed E-state index contributed by atoms with van der Waals surface area (Å²) >= 11 is 0. The minimum atomic E-state index is -3.36. The molecular formula is C22H31NO2Si. The van der Waals surface area contributed by atoms with E-state index in [4.69, 9.17) is 0 Å². The molecule has 2 aromatic carbocycles. The van der Waals surface area contributed by atoms with Gasteiger partial charge < -0.3 is 14.5 Å². The van der Waals surface area contributed by atoms with Crippen LogP contribution < -0.4 is 0 Å². The van der Waals surface area contributed by atoms with Crippen molar-refractivity contribution in [3.8, 4) is 0 Å². The molecule has 3 nitrogen and oxygen atoms in total. The van der Waals surface area contributed by atoms with E-state index in [1.807, 2.05) is 45.0 Å². The lowest BCUT2D eigenvalue weighted by Crippen LogP contribution is -2.42. The third kappa shape index (κ3) is 6.22. The van der Waals surface area contributed by atoms with Gasteiger partial charge in [-0.3, -0.25) is 0 Å². The van der Waals surface area contributed by atoms with Crippen molar-refractivity contribution in [2.75, 3.05) is 13.6 Å². The molecule has 4 heteroatoms. The van der Waals surface area contributed by atoms with Crippen molar-refractivity contribution in [3.05, 3.63) is 77.0 Å². The van der Waals surface area contributed by atoms with Gasteiger partial charge in [0, 0.05) is 18.1 Å². The maximum Gasteiger partial charge on any atom is 0.365 e. The molecule has 0 spiro atoms. The van der Waals surface area contributed by atoms with Crippen LogP contribution in [0.4, 0.5) is 0 Å². The minimum absolute atomic E-state index is 0.495. The predicted octanol–water partition coefficient (Wildman–Crippen LogP) is 4.14. The van der Waals surface area contributed by atoms with E-state index < -0.39 is 13.6 Å². The third-order valence-electron chi connectivity index (χ3n) is 4.67. The van der Waals surface area contributed by atoms with Crippen molar-refractivity contribution in [2.45, 2.75) is 38.8 Å². The summed E-state index contributed by atoms with van der Waals surface area (Å²) in [6.45, 7) is 7.49. The van der Waals surface area contributed by atoms with Crippen molar-refractivity contribution < 1.29 is 9.59 Å². The largest absolute Gasteiger partial charge is 0.407 e. The van der Waals surface area contributed by atoms with Crippen LogP contribution in [-0.2, 0) is 13.0 Å². The van der Waals surface area contributed by atoms with E-state index in [0.717, 1.165) is 25.1 Å². The number of nitrogens with zero attached hydrogens (tertiary/aromatic N) is 1. The minimum Gasteiger partial charge on any atom is -0.407 e. The highest BCUT2D eigenvalue weighted by Crippen LogP contribution is 2.33. The number of benzene rings is 2. The molecule has 2 rings (SSSR count). The van der Waals surface area contributed by atoms with Crippen LogP contribution in [0.1, 0.15) is 37.5 Å². The standard InChI is InChI=1S/C22H31NO2Si/c1-22(2,3)26(24,25)17-15-20-10-12-21(13-11-20)18-23(4)16-14-19-8-6-5-7-9-19/h5-13,15,17,24-25H,14,16,18H2,1-4H3. The monoisotopic (exact) mass is 369 g/mol. The highest BCUT2D eigenvalue weighted by molar-refractivity contribution is 6.73. The van der Waals surface area contributed by atoms with Crippen LogP contribution in [0.15, 0.2) is 60.3 Å². The molecule has 0 aliphatic rings. The fourth-order valence-corrected chi connectivity index (χ4v) is 3.48. The van der Waals surface area contributed by atoms with E-state index in [1.54, 1.807) is 5.70 Å². The van der Waals surface area contributed by atoms with Gasteiger partial charge in [-0.25, -0.2) is 0 Å². The van der Waals surface area contributed by atoms with Gasteiger partial charge in [0.1, 0.15) is 0 Å². The van der Waals surface area contributed by atoms with Crippen LogP contribution in [-0.4, -0.2) is 36.6 Å². The summed E-state index contributed by atoms with van der Waals surface area (Å²) in [5, 5.41) is -0.495. The molecule has 2 N–H and O–H groups in total. The Morgan fingerprint density at radius 3 is 2.12 bits per heavy atom. The van der Waals surface area contributed by atoms with Crippen LogP contribution in [0.5, 0.6) is 0 Å². The quantitative estimate of drug-likeness (QED) is 0.721. The average Bonchev–Trinajstić information content (AvgIpc) is 2.59. The summed E-state index contributed by atoms with van der Waals surface area (Å²) in [4.78, 5) is 22.8. The molecule has 0 atom stereocenters. The van der Waals surface area contributed by atoms with Gasteiger partial charge in [-0.15, -0.1) is 0 Å². The van der Waals surface area contributed by atoms with E-state index >= 15 is 0 Å². The second kappa shape index (κ2) is 8.78. The SMILES string of the molecule is CN(CCc1ccccc1)Cc1ccc(C=C[Si](O)(O)C(C)(C)C)cc1. The summed E-state index contributed by atoms with van der Waals surface area (Å²) in [7, 11) is -1.22. The average molecular weight is 370 g/mol. The second-order valence-electron chi connectivity index (χ2n) is 8.02. The zero-order valence-corrected chi connectivity index (χ0v) is 17.3. The van der Waals surface area contributed by atoms with Crippen molar-refractivity contribution in [1.82, 2.24) is 4.90 Å². The van der Waals surface area contributed by atoms with E-state index in [1.165, 1.54) is 11.1 Å². The summed E-state index contributed by atoms with van der Waals surface area (Å²) in [6.07, 6.45) is 2.87. The first-order valence-corrected chi connectivity index (χ1v) is 11.1. The van der Waals surface area contributed by atoms with Crippen molar-refractivity contribution in [1.29, 1.82) is 0 Å². The molecular weight excluding hydrogens is 338 g/mol. The maximum absolute atomic E-state index is 10.2. The Kier molecular flexibility index (Phi) is 6.95. The Bertz CT molecular complexity index is 703. The molecule has 0 aliphatic heterocycles. The molecule has 0 unspecified atom stereocenters. The highest BCUT2D eigenvalue weighted by atomic mass is 28.4. The molecule has 0 aliphatic carbocycles. The van der Waals surface area contributed by atoms with Gasteiger partial charge in [0.25, 0.3) is 0 Å². The van der Waals surface area contributed by atoms with Gasteiger partial charge in [-0.2, -0.15) is 0 Å². The lowest BCUT2D eigenvalue weighted by molar-refractivity contribution is 0.331. The van der Waals surface area contributed by atoms with E-state index in [0.29, 0.717) is 0 Å². The topological polar surface area (TPSA) is 43.7 Å². The summed E-state index contributed by atoms with van der Waals surface area (Å²) < 4.78 is 0. The van der Waals surface area contributed by atoms with Gasteiger partial charge in [-0.1, -0.05) is 81.4 Å². The smallest absolute Gasteiger partial charge is 0.365 e. The van der Waals surface area contributed by atoms with Crippen LogP contribution >= 0.6 is 0 Å². The number of hydrogen-bond donors (Lipinski definition) is 2. The Balaban J connectivity index is 1.89. The molecule has 0 radical (unpaired) electrons. The normalized spacial score (nSPS) is 12.9. The van der Waals surface area contributed by atoms with Gasteiger partial charge in [0.05, 0.1) is 0 Å². The van der Waals surface area contributed by atoms with Gasteiger partial charge >= 0.3 is 8.56 Å². The van der Waals surface area contributed by atoms with Crippen LogP contribution in [0, 0.1) is 0 Å². The zero-order chi connectivity index (χ0) is 19.2. The summed E-state index contributed by atoms with van der Waals surface area (Å²) in [6, 6.07) is 18.8. The van der Waals surface area contributed by atoms with Crippen LogP contribution in [0.3, 0.4) is 0 Å². The van der Waals surface area contributed by atoms with E-state index in [2.05, 4.69) is 48.3 Å². The van der Waals surface area contributed by atoms with E-state index in [9.17, 15) is 9.59 Å². The Hall–Kier alpha value is -1.72. The third-order valence-corrected chi connectivity index (χ3v) is 7.51. The number of rotatable bonds is 7. The van der Waals surface area contributed by atoms with Crippen molar-refractivity contribution in [3.63, 3.8) is 0 Å². The highest BCUT2D eigenvalue weighted by Gasteiger charge is 2.40. The Labute approximate surface area is 158 Å². The lowest BCUT2D eigenvalue weighted by atomic mass is 10.1. The first kappa shape index (κ1) is 20.6. The lowest BCUT2D eigenvalue weighted by Gasteiger charge is -2.28. The molecule has 26 heavy (non-hydrogen) atoms. The first-order valence-electron chi connectivity index (χ1n) is 9.13. The molecule has 0 heterocycles. The molecule has 0 saturated carbocycles. The van der Waals surface area contributed by atoms with Crippen molar-refractivity contribution in [2.24, 2.45) is 0 Å². The number of likely N-dealkylation sites (N-methyl/N-ethyl adjacent to an activating group) is 1. The molecule has 0 fully saturated rings. The maximum atomic E-state index is 10.2. The van der Waals surface area contributed by atoms with Crippen LogP contribution in [0.2, 0.25) is 5.04 Å². The fraction of sp³-hybridized carbons (Fsp3) is 0.364. The molecule has 0 amide bonds. The van der Waals surface area contributed by atoms with E-state index in [-0.39, 0.29) is 0 Å².